The van der Waals surface area contributed by atoms with E-state index in [1.54, 1.807) is 24.3 Å². The molecule has 45 heavy (non-hydrogen) atoms. The smallest absolute Gasteiger partial charge is 0.338 e. The molecule has 3 aromatic carbocycles. The summed E-state index contributed by atoms with van der Waals surface area (Å²) in [4.78, 5) is 24.3. The van der Waals surface area contributed by atoms with Crippen LogP contribution in [0.5, 0.6) is 11.5 Å². The first-order chi connectivity index (χ1) is 21.9. The zero-order valence-corrected chi connectivity index (χ0v) is 26.8. The summed E-state index contributed by atoms with van der Waals surface area (Å²) in [6.45, 7) is 3.31. The molecule has 0 saturated carbocycles. The minimum absolute atomic E-state index is 0.378. The lowest BCUT2D eigenvalue weighted by Crippen LogP contribution is -2.07. The van der Waals surface area contributed by atoms with Crippen LogP contribution in [0.25, 0.3) is 6.08 Å². The third-order valence-electron chi connectivity index (χ3n) is 7.51. The van der Waals surface area contributed by atoms with Gasteiger partial charge in [-0.1, -0.05) is 89.0 Å². The Morgan fingerprint density at radius 3 is 1.87 bits per heavy atom. The van der Waals surface area contributed by atoms with Crippen LogP contribution in [0.3, 0.4) is 0 Å². The van der Waals surface area contributed by atoms with E-state index in [9.17, 15) is 9.59 Å². The van der Waals surface area contributed by atoms with Crippen molar-refractivity contribution in [2.24, 2.45) is 0 Å². The van der Waals surface area contributed by atoms with E-state index in [1.807, 2.05) is 48.5 Å². The highest BCUT2D eigenvalue weighted by Crippen LogP contribution is 2.18. The maximum atomic E-state index is 12.2. The summed E-state index contributed by atoms with van der Waals surface area (Å²) in [5.41, 5.74) is 15.0. The van der Waals surface area contributed by atoms with E-state index in [4.69, 9.17) is 25.7 Å². The standard InChI is InChI=1S/C38H50N2O5/c1-2-3-11-14-30-17-22-36(23-18-30)45-37(41)24-19-31-15-20-35(21-16-31)43-25-12-9-7-5-4-6-8-10-13-26-44-38(42)32-27-33(39)29-34(40)28-32/h15-24,27-29H,2-14,25-26,39-40H2,1H3/b24-19+. The summed E-state index contributed by atoms with van der Waals surface area (Å²) < 4.78 is 16.6. The molecule has 0 fully saturated rings. The van der Waals surface area contributed by atoms with Crippen LogP contribution in [0.4, 0.5) is 11.4 Å². The average Bonchev–Trinajstić information content (AvgIpc) is 3.03. The molecule has 7 nitrogen and oxygen atoms in total. The summed E-state index contributed by atoms with van der Waals surface area (Å²) in [7, 11) is 0. The van der Waals surface area contributed by atoms with Gasteiger partial charge in [-0.05, 0) is 85.4 Å². The number of unbranched alkanes of at least 4 members (excludes halogenated alkanes) is 10. The summed E-state index contributed by atoms with van der Waals surface area (Å²) in [5.74, 6) is 0.616. The molecule has 0 aliphatic heterocycles. The highest BCUT2D eigenvalue weighted by atomic mass is 16.5. The molecule has 0 saturated heterocycles. The fourth-order valence-corrected chi connectivity index (χ4v) is 4.97. The van der Waals surface area contributed by atoms with Crippen molar-refractivity contribution in [2.45, 2.75) is 90.4 Å². The van der Waals surface area contributed by atoms with E-state index >= 15 is 0 Å². The third-order valence-corrected chi connectivity index (χ3v) is 7.51. The zero-order chi connectivity index (χ0) is 32.1. The van der Waals surface area contributed by atoms with Crippen LogP contribution < -0.4 is 20.9 Å². The average molecular weight is 615 g/mol. The first-order valence-electron chi connectivity index (χ1n) is 16.5. The number of esters is 2. The van der Waals surface area contributed by atoms with E-state index in [2.05, 4.69) is 6.92 Å². The molecule has 0 unspecified atom stereocenters. The van der Waals surface area contributed by atoms with Gasteiger partial charge in [0.25, 0.3) is 0 Å². The fraction of sp³-hybridized carbons (Fsp3) is 0.421. The lowest BCUT2D eigenvalue weighted by molar-refractivity contribution is -0.128. The molecule has 0 aliphatic rings. The maximum absolute atomic E-state index is 12.2. The molecule has 3 rings (SSSR count). The summed E-state index contributed by atoms with van der Waals surface area (Å²) in [6.07, 6.45) is 17.9. The van der Waals surface area contributed by atoms with Crippen LogP contribution in [-0.2, 0) is 16.0 Å². The van der Waals surface area contributed by atoms with Crippen molar-refractivity contribution in [3.8, 4) is 11.5 Å². The lowest BCUT2D eigenvalue weighted by atomic mass is 10.1. The molecule has 0 aromatic heterocycles. The van der Waals surface area contributed by atoms with Crippen molar-refractivity contribution in [3.63, 3.8) is 0 Å². The van der Waals surface area contributed by atoms with Crippen molar-refractivity contribution >= 4 is 29.4 Å². The Morgan fingerprint density at radius 1 is 0.667 bits per heavy atom. The molecular weight excluding hydrogens is 564 g/mol. The number of rotatable bonds is 21. The number of nitrogen functional groups attached to an aromatic ring is 2. The summed E-state index contributed by atoms with van der Waals surface area (Å²) in [5, 5.41) is 0. The maximum Gasteiger partial charge on any atom is 0.338 e. The molecular formula is C38H50N2O5. The molecule has 3 aromatic rings. The number of benzene rings is 3. The van der Waals surface area contributed by atoms with Crippen molar-refractivity contribution < 1.29 is 23.8 Å². The lowest BCUT2D eigenvalue weighted by Gasteiger charge is -2.07. The Labute approximate surface area is 268 Å². The van der Waals surface area contributed by atoms with Gasteiger partial charge in [0.15, 0.2) is 0 Å². The molecule has 0 spiro atoms. The first kappa shape index (κ1) is 35.2. The number of hydrogen-bond donors (Lipinski definition) is 2. The second kappa shape index (κ2) is 20.7. The molecule has 0 radical (unpaired) electrons. The van der Waals surface area contributed by atoms with Crippen LogP contribution in [0.2, 0.25) is 0 Å². The minimum Gasteiger partial charge on any atom is -0.494 e. The second-order valence-corrected chi connectivity index (χ2v) is 11.5. The van der Waals surface area contributed by atoms with Crippen LogP contribution in [0.1, 0.15) is 105 Å². The van der Waals surface area contributed by atoms with Gasteiger partial charge in [0, 0.05) is 17.5 Å². The Kier molecular flexibility index (Phi) is 16.2. The highest BCUT2D eigenvalue weighted by Gasteiger charge is 2.08. The Bertz CT molecular complexity index is 1300. The van der Waals surface area contributed by atoms with Crippen molar-refractivity contribution in [3.05, 3.63) is 89.5 Å². The third kappa shape index (κ3) is 14.8. The fourth-order valence-electron chi connectivity index (χ4n) is 4.97. The van der Waals surface area contributed by atoms with E-state index < -0.39 is 5.97 Å². The van der Waals surface area contributed by atoms with E-state index in [0.29, 0.717) is 35.9 Å². The number of nitrogens with two attached hydrogens (primary N) is 2. The highest BCUT2D eigenvalue weighted by molar-refractivity contribution is 5.91. The van der Waals surface area contributed by atoms with E-state index in [-0.39, 0.29) is 5.97 Å². The number of aryl methyl sites for hydroxylation is 1. The first-order valence-corrected chi connectivity index (χ1v) is 16.5. The molecule has 7 heteroatoms. The zero-order valence-electron chi connectivity index (χ0n) is 26.8. The van der Waals surface area contributed by atoms with Crippen molar-refractivity contribution in [1.82, 2.24) is 0 Å². The number of anilines is 2. The predicted octanol–water partition coefficient (Wildman–Crippen LogP) is 8.95. The van der Waals surface area contributed by atoms with Gasteiger partial charge in [-0.25, -0.2) is 9.59 Å². The van der Waals surface area contributed by atoms with Gasteiger partial charge in [-0.2, -0.15) is 0 Å². The molecule has 242 valence electrons. The summed E-state index contributed by atoms with van der Waals surface area (Å²) in [6, 6.07) is 20.3. The second-order valence-electron chi connectivity index (χ2n) is 11.5. The predicted molar refractivity (Wildman–Crippen MR) is 183 cm³/mol. The van der Waals surface area contributed by atoms with Gasteiger partial charge < -0.3 is 25.7 Å². The van der Waals surface area contributed by atoms with Crippen molar-refractivity contribution in [2.75, 3.05) is 24.7 Å². The van der Waals surface area contributed by atoms with Gasteiger partial charge in [-0.3, -0.25) is 0 Å². The Hall–Kier alpha value is -4.26. The largest absolute Gasteiger partial charge is 0.494 e. The van der Waals surface area contributed by atoms with E-state index in [0.717, 1.165) is 49.8 Å². The van der Waals surface area contributed by atoms with Crippen LogP contribution in [0.15, 0.2) is 72.8 Å². The normalized spacial score (nSPS) is 11.0. The monoisotopic (exact) mass is 614 g/mol. The molecule has 0 atom stereocenters. The van der Waals surface area contributed by atoms with Crippen LogP contribution in [0, 0.1) is 0 Å². The van der Waals surface area contributed by atoms with Crippen molar-refractivity contribution in [1.29, 1.82) is 0 Å². The summed E-state index contributed by atoms with van der Waals surface area (Å²) >= 11 is 0. The Morgan fingerprint density at radius 2 is 1.24 bits per heavy atom. The number of carbonyl (C=O) groups excluding carboxylic acids is 2. The number of carbonyl (C=O) groups is 2. The van der Waals surface area contributed by atoms with Gasteiger partial charge in [0.05, 0.1) is 18.8 Å². The number of ether oxygens (including phenoxy) is 3. The quantitative estimate of drug-likeness (QED) is 0.0405. The van der Waals surface area contributed by atoms with Gasteiger partial charge in [-0.15, -0.1) is 0 Å². The van der Waals surface area contributed by atoms with E-state index in [1.165, 1.54) is 56.6 Å². The Balaban J connectivity index is 1.16. The molecule has 4 N–H and O–H groups in total. The minimum atomic E-state index is -0.394. The van der Waals surface area contributed by atoms with Gasteiger partial charge >= 0.3 is 11.9 Å². The molecule has 0 bridgehead atoms. The molecule has 0 amide bonds. The topological polar surface area (TPSA) is 114 Å². The van der Waals surface area contributed by atoms with Gasteiger partial charge in [0.2, 0.25) is 0 Å². The SMILES string of the molecule is CCCCCc1ccc(OC(=O)/C=C/c2ccc(OCCCCCCCCCCCOC(=O)c3cc(N)cc(N)c3)cc2)cc1. The van der Waals surface area contributed by atoms with Gasteiger partial charge in [0.1, 0.15) is 11.5 Å². The molecule has 0 aliphatic carbocycles. The number of hydrogen-bond acceptors (Lipinski definition) is 7. The van der Waals surface area contributed by atoms with Crippen LogP contribution >= 0.6 is 0 Å². The van der Waals surface area contributed by atoms with Crippen LogP contribution in [-0.4, -0.2) is 25.2 Å². The molecule has 0 heterocycles.